The predicted molar refractivity (Wildman–Crippen MR) is 127 cm³/mol. The highest BCUT2D eigenvalue weighted by Crippen LogP contribution is 2.40. The average molecular weight is 492 g/mol. The van der Waals surface area contributed by atoms with Crippen LogP contribution in [0, 0.1) is 5.82 Å². The van der Waals surface area contributed by atoms with E-state index in [-0.39, 0.29) is 16.5 Å². The zero-order chi connectivity index (χ0) is 24.1. The molecule has 0 bridgehead atoms. The van der Waals surface area contributed by atoms with Crippen molar-refractivity contribution in [2.24, 2.45) is 0 Å². The Balaban J connectivity index is 1.82. The Labute approximate surface area is 197 Å². The molecular weight excluding hydrogens is 469 g/mol. The summed E-state index contributed by atoms with van der Waals surface area (Å²) in [6.07, 6.45) is 6.33. The van der Waals surface area contributed by atoms with E-state index >= 15 is 4.39 Å². The van der Waals surface area contributed by atoms with Gasteiger partial charge in [-0.1, -0.05) is 11.6 Å². The second kappa shape index (κ2) is 8.56. The first-order chi connectivity index (χ1) is 15.5. The van der Waals surface area contributed by atoms with Gasteiger partial charge in [0.1, 0.15) is 10.6 Å². The maximum absolute atomic E-state index is 15.6. The first kappa shape index (κ1) is 23.4. The van der Waals surface area contributed by atoms with Crippen LogP contribution in [0.2, 0.25) is 5.02 Å². The number of anilines is 1. The van der Waals surface area contributed by atoms with E-state index in [0.29, 0.717) is 33.6 Å². The van der Waals surface area contributed by atoms with Crippen molar-refractivity contribution in [2.75, 3.05) is 5.32 Å². The van der Waals surface area contributed by atoms with E-state index in [0.717, 1.165) is 0 Å². The second-order valence-electron chi connectivity index (χ2n) is 8.64. The number of benzene rings is 1. The third-order valence-corrected chi connectivity index (χ3v) is 7.04. The topological polar surface area (TPSA) is 123 Å². The molecule has 0 aliphatic rings. The van der Waals surface area contributed by atoms with Gasteiger partial charge in [-0.05, 0) is 27.7 Å². The number of carbonyl (C=O) groups excluding carboxylic acids is 1. The smallest absolute Gasteiger partial charge is 0.222 e. The number of H-pyrrole nitrogens is 1. The minimum absolute atomic E-state index is 0.122. The van der Waals surface area contributed by atoms with Gasteiger partial charge in [0.25, 0.3) is 0 Å². The molecule has 9 nitrogen and oxygen atoms in total. The van der Waals surface area contributed by atoms with Crippen LogP contribution in [0.4, 0.5) is 10.2 Å². The van der Waals surface area contributed by atoms with Crippen molar-refractivity contribution in [3.05, 3.63) is 41.2 Å². The van der Waals surface area contributed by atoms with Gasteiger partial charge in [0, 0.05) is 41.0 Å². The summed E-state index contributed by atoms with van der Waals surface area (Å²) in [5.74, 6) is -0.530. The van der Waals surface area contributed by atoms with Gasteiger partial charge < -0.3 is 14.3 Å². The Bertz CT molecular complexity index is 1360. The monoisotopic (exact) mass is 491 g/mol. The lowest BCUT2D eigenvalue weighted by molar-refractivity contribution is -0.114. The van der Waals surface area contributed by atoms with Crippen LogP contribution in [-0.4, -0.2) is 39.8 Å². The Hall–Kier alpha value is -2.73. The van der Waals surface area contributed by atoms with Gasteiger partial charge in [0.05, 0.1) is 40.9 Å². The molecule has 174 valence electrons. The summed E-state index contributed by atoms with van der Waals surface area (Å²) in [7, 11) is 0. The Morgan fingerprint density at radius 2 is 2.06 bits per heavy atom. The summed E-state index contributed by atoms with van der Waals surface area (Å²) in [6, 6.07) is -0.608. The highest BCUT2D eigenvalue weighted by Gasteiger charge is 2.32. The molecule has 0 saturated heterocycles. The van der Waals surface area contributed by atoms with Gasteiger partial charge in [-0.15, -0.1) is 4.72 Å². The highest BCUT2D eigenvalue weighted by atomic mass is 35.5. The van der Waals surface area contributed by atoms with Crippen LogP contribution in [0.25, 0.3) is 27.8 Å². The zero-order valence-corrected chi connectivity index (χ0v) is 20.2. The predicted octanol–water partition coefficient (Wildman–Crippen LogP) is 4.14. The minimum atomic E-state index is -1.42. The van der Waals surface area contributed by atoms with Gasteiger partial charge >= 0.3 is 0 Å². The number of amides is 1. The summed E-state index contributed by atoms with van der Waals surface area (Å²) < 4.78 is 32.3. The summed E-state index contributed by atoms with van der Waals surface area (Å²) in [5, 5.41) is 9.99. The van der Waals surface area contributed by atoms with Gasteiger partial charge in [0.2, 0.25) is 5.91 Å². The molecule has 0 aliphatic carbocycles. The lowest BCUT2D eigenvalue weighted by Gasteiger charge is -2.27. The Morgan fingerprint density at radius 1 is 1.33 bits per heavy atom. The number of halogens is 2. The summed E-state index contributed by atoms with van der Waals surface area (Å²) in [5.41, 5.74) is 1.94. The van der Waals surface area contributed by atoms with E-state index in [4.69, 9.17) is 11.6 Å². The fourth-order valence-corrected chi connectivity index (χ4v) is 4.55. The molecule has 2 atom stereocenters. The van der Waals surface area contributed by atoms with E-state index in [9.17, 15) is 9.35 Å². The number of rotatable bonds is 5. The van der Waals surface area contributed by atoms with Crippen LogP contribution >= 0.6 is 11.6 Å². The summed E-state index contributed by atoms with van der Waals surface area (Å²) in [4.78, 5) is 20.0. The maximum atomic E-state index is 15.6. The molecule has 3 aromatic heterocycles. The molecule has 0 spiro atoms. The van der Waals surface area contributed by atoms with Crippen LogP contribution in [0.3, 0.4) is 0 Å². The summed E-state index contributed by atoms with van der Waals surface area (Å²) in [6.45, 7) is 8.60. The van der Waals surface area contributed by atoms with Crippen LogP contribution < -0.4 is 10.0 Å². The quantitative estimate of drug-likeness (QED) is 0.360. The first-order valence-corrected chi connectivity index (χ1v) is 11.6. The molecule has 3 heterocycles. The number of hydrogen-bond acceptors (Lipinski definition) is 6. The molecule has 0 unspecified atom stereocenters. The molecule has 33 heavy (non-hydrogen) atoms. The molecule has 0 radical (unpaired) electrons. The fourth-order valence-electron chi connectivity index (χ4n) is 3.46. The van der Waals surface area contributed by atoms with Crippen LogP contribution in [-0.2, 0) is 16.2 Å². The molecule has 1 aromatic carbocycles. The summed E-state index contributed by atoms with van der Waals surface area (Å²) >= 11 is 5.10. The number of fused-ring (bicyclic) bond motifs is 2. The van der Waals surface area contributed by atoms with Crippen molar-refractivity contribution in [2.45, 2.75) is 45.4 Å². The van der Waals surface area contributed by atoms with Crippen molar-refractivity contribution < 1.29 is 13.7 Å². The average Bonchev–Trinajstić information content (AvgIpc) is 3.33. The van der Waals surface area contributed by atoms with Gasteiger partial charge in [-0.2, -0.15) is 5.10 Å². The largest absolute Gasteiger partial charge is 0.598 e. The number of aromatic nitrogens is 5. The van der Waals surface area contributed by atoms with Crippen molar-refractivity contribution in [3.8, 4) is 11.3 Å². The molecule has 3 N–H and O–H groups in total. The van der Waals surface area contributed by atoms with Crippen LogP contribution in [0.1, 0.15) is 46.2 Å². The molecule has 4 aromatic rings. The number of imidazole rings is 1. The fraction of sp³-hybridized carbons (Fsp3) is 0.333. The van der Waals surface area contributed by atoms with E-state index in [1.54, 1.807) is 29.9 Å². The van der Waals surface area contributed by atoms with Crippen molar-refractivity contribution >= 4 is 51.2 Å². The Morgan fingerprint density at radius 3 is 2.73 bits per heavy atom. The SMILES string of the molecule is CC(=O)Nc1cn2cc(-c3c(Cl)c(F)c([C@H](C)N[S@@+]([O-])C(C)(C)C)c4[nH]ncc34)ncc2n1. The van der Waals surface area contributed by atoms with Crippen LogP contribution in [0.15, 0.2) is 24.8 Å². The van der Waals surface area contributed by atoms with Gasteiger partial charge in [-0.25, -0.2) is 9.37 Å². The van der Waals surface area contributed by atoms with Gasteiger partial charge in [-0.3, -0.25) is 14.9 Å². The van der Waals surface area contributed by atoms with E-state index < -0.39 is 28.0 Å². The molecule has 12 heteroatoms. The molecule has 0 fully saturated rings. The number of nitrogens with one attached hydrogen (secondary N) is 3. The second-order valence-corrected chi connectivity index (χ2v) is 11.0. The van der Waals surface area contributed by atoms with E-state index in [1.165, 1.54) is 13.1 Å². The standard InChI is InChI=1S/C21H23ClFN7O2S/c1-10(29-33(32)21(3,4)5)16-19(23)18(22)17(12-6-25-28-20(12)16)13-8-30-9-14(26-11(2)31)27-15(30)7-24-13/h6-10,29H,1-5H3,(H,25,28)(H,26,31)/t10-,33-/m0/s1. The number of hydrogen-bond donors (Lipinski definition) is 3. The highest BCUT2D eigenvalue weighted by molar-refractivity contribution is 7.90. The van der Waals surface area contributed by atoms with Crippen LogP contribution in [0.5, 0.6) is 0 Å². The van der Waals surface area contributed by atoms with E-state index in [2.05, 4.69) is 30.2 Å². The minimum Gasteiger partial charge on any atom is -0.598 e. The molecule has 4 rings (SSSR count). The van der Waals surface area contributed by atoms with Crippen molar-refractivity contribution in [1.29, 1.82) is 0 Å². The zero-order valence-electron chi connectivity index (χ0n) is 18.7. The van der Waals surface area contributed by atoms with Crippen molar-refractivity contribution in [3.63, 3.8) is 0 Å². The molecule has 0 saturated carbocycles. The van der Waals surface area contributed by atoms with Crippen molar-refractivity contribution in [1.82, 2.24) is 29.3 Å². The lowest BCUT2D eigenvalue weighted by Crippen LogP contribution is -2.40. The van der Waals surface area contributed by atoms with Gasteiger partial charge in [0.15, 0.2) is 11.5 Å². The third kappa shape index (κ3) is 4.41. The van der Waals surface area contributed by atoms with E-state index in [1.807, 2.05) is 20.8 Å². The number of carbonyl (C=O) groups is 1. The molecule has 0 aliphatic heterocycles. The Kier molecular flexibility index (Phi) is 6.08. The maximum Gasteiger partial charge on any atom is 0.222 e. The normalized spacial score (nSPS) is 14.1. The molecular formula is C21H23ClFN7O2S. The molecule has 1 amide bonds. The lowest BCUT2D eigenvalue weighted by atomic mass is 9.99. The first-order valence-electron chi connectivity index (χ1n) is 10.1. The number of nitrogens with zero attached hydrogens (tertiary/aromatic N) is 4. The third-order valence-electron chi connectivity index (χ3n) is 5.00. The number of aromatic amines is 1.